The number of ketones is 4. The number of fused-ring (bicyclic) bond motifs is 4. The van der Waals surface area contributed by atoms with Gasteiger partial charge < -0.3 is 0 Å². The molecule has 4 aromatic rings. The van der Waals surface area contributed by atoms with E-state index in [4.69, 9.17) is 0 Å². The molecule has 0 atom stereocenters. The highest BCUT2D eigenvalue weighted by Crippen LogP contribution is 2.34. The maximum Gasteiger partial charge on any atom is 0.194 e. The first kappa shape index (κ1) is 23.3. The summed E-state index contributed by atoms with van der Waals surface area (Å²) in [5.41, 5.74) is 4.91. The smallest absolute Gasteiger partial charge is 0.194 e. The molecule has 0 N–H and O–H groups in total. The van der Waals surface area contributed by atoms with Crippen molar-refractivity contribution < 1.29 is 19.2 Å². The zero-order valence-electron chi connectivity index (χ0n) is 20.3. The van der Waals surface area contributed by atoms with Crippen LogP contribution in [0.1, 0.15) is 90.0 Å². The summed E-state index contributed by atoms with van der Waals surface area (Å²) in [4.78, 5) is 49.6. The molecule has 2 aliphatic carbocycles. The number of hydrogen-bond donors (Lipinski definition) is 0. The maximum absolute atomic E-state index is 12.8. The molecule has 0 unspecified atom stereocenters. The van der Waals surface area contributed by atoms with Crippen molar-refractivity contribution in [3.05, 3.63) is 141 Å². The molecule has 0 fully saturated rings. The quantitative estimate of drug-likeness (QED) is 0.263. The van der Waals surface area contributed by atoms with Crippen LogP contribution in [-0.2, 0) is 5.41 Å². The van der Waals surface area contributed by atoms with Crippen LogP contribution in [0.4, 0.5) is 0 Å². The minimum atomic E-state index is -0.173. The molecule has 0 aromatic heterocycles. The lowest BCUT2D eigenvalue weighted by atomic mass is 9.75. The Morgan fingerprint density at radius 3 is 1.06 bits per heavy atom. The van der Waals surface area contributed by atoms with Gasteiger partial charge in [-0.3, -0.25) is 19.2 Å². The van der Waals surface area contributed by atoms with Crippen molar-refractivity contribution in [1.29, 1.82) is 0 Å². The second-order valence-electron chi connectivity index (χ2n) is 9.93. The first-order valence-electron chi connectivity index (χ1n) is 11.8. The van der Waals surface area contributed by atoms with E-state index in [1.54, 1.807) is 78.9 Å². The minimum Gasteiger partial charge on any atom is -0.289 e. The topological polar surface area (TPSA) is 68.3 Å². The molecular formula is C32H24O4. The van der Waals surface area contributed by atoms with Gasteiger partial charge in [-0.05, 0) is 11.0 Å². The molecule has 2 aliphatic rings. The number of hydrogen-bond acceptors (Lipinski definition) is 4. The van der Waals surface area contributed by atoms with E-state index < -0.39 is 0 Å². The van der Waals surface area contributed by atoms with Crippen molar-refractivity contribution in [3.8, 4) is 0 Å². The van der Waals surface area contributed by atoms with Crippen LogP contribution >= 0.6 is 0 Å². The molecule has 0 aliphatic heterocycles. The zero-order chi connectivity index (χ0) is 25.6. The summed E-state index contributed by atoms with van der Waals surface area (Å²) >= 11 is 0. The summed E-state index contributed by atoms with van der Waals surface area (Å²) in [6.45, 7) is 6.17. The van der Waals surface area contributed by atoms with Gasteiger partial charge in [0.1, 0.15) is 0 Å². The van der Waals surface area contributed by atoms with Crippen molar-refractivity contribution >= 4 is 23.1 Å². The predicted molar refractivity (Wildman–Crippen MR) is 138 cm³/mol. The molecule has 4 heteroatoms. The van der Waals surface area contributed by atoms with E-state index in [0.717, 1.165) is 5.56 Å². The molecule has 0 saturated heterocycles. The average molecular weight is 473 g/mol. The van der Waals surface area contributed by atoms with E-state index in [2.05, 4.69) is 20.8 Å². The Kier molecular flexibility index (Phi) is 5.60. The van der Waals surface area contributed by atoms with Gasteiger partial charge in [0, 0.05) is 44.5 Å². The average Bonchev–Trinajstić information content (AvgIpc) is 2.90. The number of carbonyl (C=O) groups is 4. The molecule has 0 amide bonds. The Bertz CT molecular complexity index is 1480. The lowest BCUT2D eigenvalue weighted by Gasteiger charge is -2.26. The van der Waals surface area contributed by atoms with Gasteiger partial charge in [0.05, 0.1) is 0 Å². The van der Waals surface area contributed by atoms with Gasteiger partial charge in [-0.2, -0.15) is 0 Å². The fourth-order valence-corrected chi connectivity index (χ4v) is 4.82. The van der Waals surface area contributed by atoms with Gasteiger partial charge in [0.25, 0.3) is 0 Å². The van der Waals surface area contributed by atoms with Crippen LogP contribution in [0, 0.1) is 0 Å². The highest BCUT2D eigenvalue weighted by molar-refractivity contribution is 6.29. The third-order valence-corrected chi connectivity index (χ3v) is 6.59. The number of benzene rings is 4. The fourth-order valence-electron chi connectivity index (χ4n) is 4.82. The Hall–Kier alpha value is -4.44. The van der Waals surface area contributed by atoms with Crippen molar-refractivity contribution in [2.24, 2.45) is 0 Å². The summed E-state index contributed by atoms with van der Waals surface area (Å²) in [7, 11) is 0. The molecule has 0 saturated carbocycles. The molecule has 0 heterocycles. The predicted octanol–water partition coefficient (Wildman–Crippen LogP) is 6.22. The van der Waals surface area contributed by atoms with Gasteiger partial charge in [-0.1, -0.05) is 112 Å². The second-order valence-corrected chi connectivity index (χ2v) is 9.93. The van der Waals surface area contributed by atoms with Crippen LogP contribution in [0.15, 0.2) is 91.0 Å². The van der Waals surface area contributed by atoms with E-state index >= 15 is 0 Å². The van der Waals surface area contributed by atoms with E-state index in [0.29, 0.717) is 44.5 Å². The lowest BCUT2D eigenvalue weighted by molar-refractivity contribution is 0.0977. The number of rotatable bonds is 0. The van der Waals surface area contributed by atoms with Crippen LogP contribution in [0.5, 0.6) is 0 Å². The summed E-state index contributed by atoms with van der Waals surface area (Å²) < 4.78 is 0. The van der Waals surface area contributed by atoms with Crippen molar-refractivity contribution in [3.63, 3.8) is 0 Å². The van der Waals surface area contributed by atoms with E-state index in [9.17, 15) is 19.2 Å². The summed E-state index contributed by atoms with van der Waals surface area (Å²) in [6.07, 6.45) is 0. The van der Waals surface area contributed by atoms with Crippen LogP contribution in [-0.4, -0.2) is 23.1 Å². The monoisotopic (exact) mass is 472 g/mol. The summed E-state index contributed by atoms with van der Waals surface area (Å²) in [5.74, 6) is -0.223. The fraction of sp³-hybridized carbons (Fsp3) is 0.125. The Morgan fingerprint density at radius 1 is 0.389 bits per heavy atom. The van der Waals surface area contributed by atoms with Crippen molar-refractivity contribution in [2.45, 2.75) is 26.2 Å². The largest absolute Gasteiger partial charge is 0.289 e. The zero-order valence-corrected chi connectivity index (χ0v) is 20.3. The lowest BCUT2D eigenvalue weighted by Crippen LogP contribution is -2.26. The van der Waals surface area contributed by atoms with Gasteiger partial charge >= 0.3 is 0 Å². The van der Waals surface area contributed by atoms with Gasteiger partial charge in [-0.15, -0.1) is 0 Å². The molecule has 0 radical (unpaired) electrons. The normalized spacial score (nSPS) is 13.6. The standard InChI is InChI=1S/C18H16O2.C14H8O2/c1-18(2,3)14-10-6-9-13-15(14)17(20)12-8-5-4-7-11(12)16(13)19;15-13-9-5-1-2-6-10(9)14(16)12-8-4-3-7-11(12)13/h4-10H,1-3H3;1-8H. The summed E-state index contributed by atoms with van der Waals surface area (Å²) in [6, 6.07) is 26.5. The number of carbonyl (C=O) groups excluding carboxylic acids is 4. The highest BCUT2D eigenvalue weighted by atomic mass is 16.1. The highest BCUT2D eigenvalue weighted by Gasteiger charge is 2.33. The third kappa shape index (κ3) is 3.72. The van der Waals surface area contributed by atoms with E-state index in [1.807, 2.05) is 12.1 Å². The van der Waals surface area contributed by atoms with Crippen molar-refractivity contribution in [2.75, 3.05) is 0 Å². The second kappa shape index (κ2) is 8.65. The van der Waals surface area contributed by atoms with Gasteiger partial charge in [0.2, 0.25) is 0 Å². The van der Waals surface area contributed by atoms with Crippen LogP contribution in [0.25, 0.3) is 0 Å². The SMILES string of the molecule is CC(C)(C)c1cccc2c1C(=O)c1ccccc1C2=O.O=C1c2ccccc2C(=O)c2ccccc21. The van der Waals surface area contributed by atoms with E-state index in [-0.39, 0.29) is 28.5 Å². The van der Waals surface area contributed by atoms with Crippen LogP contribution in [0.2, 0.25) is 0 Å². The minimum absolute atomic E-state index is 0.0410. The van der Waals surface area contributed by atoms with Crippen LogP contribution < -0.4 is 0 Å². The summed E-state index contributed by atoms with van der Waals surface area (Å²) in [5, 5.41) is 0. The molecule has 176 valence electrons. The molecule has 6 rings (SSSR count). The van der Waals surface area contributed by atoms with Gasteiger partial charge in [-0.25, -0.2) is 0 Å². The van der Waals surface area contributed by atoms with Crippen molar-refractivity contribution in [1.82, 2.24) is 0 Å². The Balaban J connectivity index is 0.000000152. The molecule has 36 heavy (non-hydrogen) atoms. The molecule has 0 bridgehead atoms. The third-order valence-electron chi connectivity index (χ3n) is 6.59. The van der Waals surface area contributed by atoms with Crippen LogP contribution in [0.3, 0.4) is 0 Å². The molecule has 4 aromatic carbocycles. The molecule has 4 nitrogen and oxygen atoms in total. The molecular weight excluding hydrogens is 448 g/mol. The Morgan fingerprint density at radius 2 is 0.694 bits per heavy atom. The first-order chi connectivity index (χ1) is 17.2. The Labute approximate surface area is 209 Å². The van der Waals surface area contributed by atoms with Gasteiger partial charge in [0.15, 0.2) is 23.1 Å². The van der Waals surface area contributed by atoms with E-state index in [1.165, 1.54) is 0 Å². The molecule has 0 spiro atoms. The first-order valence-corrected chi connectivity index (χ1v) is 11.8. The maximum atomic E-state index is 12.8.